The maximum absolute atomic E-state index is 11.6. The van der Waals surface area contributed by atoms with Crippen molar-refractivity contribution in [3.05, 3.63) is 11.7 Å². The van der Waals surface area contributed by atoms with E-state index in [1.807, 2.05) is 6.92 Å². The average Bonchev–Trinajstić information content (AvgIpc) is 3.03. The maximum Gasteiger partial charge on any atom is 0.226 e. The molecule has 2 fully saturated rings. The van der Waals surface area contributed by atoms with E-state index in [9.17, 15) is 13.5 Å². The Bertz CT molecular complexity index is 632. The molecule has 0 saturated carbocycles. The molecule has 2 aliphatic rings. The fraction of sp³-hybridized carbons (Fsp3) is 0.857. The van der Waals surface area contributed by atoms with Crippen LogP contribution in [0, 0.1) is 0 Å². The van der Waals surface area contributed by atoms with Gasteiger partial charge in [0.1, 0.15) is 0 Å². The number of aliphatic hydroxyl groups excluding tert-OH is 1. The van der Waals surface area contributed by atoms with Crippen molar-refractivity contribution >= 4 is 9.84 Å². The second-order valence-electron chi connectivity index (χ2n) is 6.45. The number of nitrogens with one attached hydrogen (secondary N) is 1. The fourth-order valence-electron chi connectivity index (χ4n) is 3.32. The van der Waals surface area contributed by atoms with Gasteiger partial charge in [0.15, 0.2) is 15.7 Å². The lowest BCUT2D eigenvalue weighted by atomic mass is 10.0. The third kappa shape index (κ3) is 4.28. The predicted molar refractivity (Wildman–Crippen MR) is 83.6 cm³/mol. The minimum Gasteiger partial charge on any atom is -0.390 e. The molecule has 9 heteroatoms. The van der Waals surface area contributed by atoms with Crippen LogP contribution in [-0.4, -0.2) is 71.3 Å². The van der Waals surface area contributed by atoms with E-state index in [1.165, 1.54) is 0 Å². The smallest absolute Gasteiger partial charge is 0.226 e. The molecule has 2 aliphatic heterocycles. The largest absolute Gasteiger partial charge is 0.390 e. The highest BCUT2D eigenvalue weighted by Crippen LogP contribution is 2.17. The molecule has 0 radical (unpaired) electrons. The summed E-state index contributed by atoms with van der Waals surface area (Å²) >= 11 is 0. The van der Waals surface area contributed by atoms with Gasteiger partial charge < -0.3 is 14.9 Å². The van der Waals surface area contributed by atoms with Gasteiger partial charge in [-0.05, 0) is 19.4 Å². The fourth-order valence-corrected chi connectivity index (χ4v) is 5.08. The molecule has 3 atom stereocenters. The summed E-state index contributed by atoms with van der Waals surface area (Å²) in [6.45, 7) is 4.35. The summed E-state index contributed by atoms with van der Waals surface area (Å²) in [5.41, 5.74) is 0. The molecule has 3 rings (SSSR count). The summed E-state index contributed by atoms with van der Waals surface area (Å²) in [6.07, 6.45) is 1.92. The lowest BCUT2D eigenvalue weighted by Crippen LogP contribution is -2.52. The van der Waals surface area contributed by atoms with E-state index < -0.39 is 15.9 Å². The van der Waals surface area contributed by atoms with Gasteiger partial charge >= 0.3 is 0 Å². The van der Waals surface area contributed by atoms with E-state index in [0.717, 1.165) is 32.4 Å². The molecule has 2 N–H and O–H groups in total. The predicted octanol–water partition coefficient (Wildman–Crippen LogP) is -0.656. The minimum absolute atomic E-state index is 0.0232. The van der Waals surface area contributed by atoms with Crippen LogP contribution in [0.3, 0.4) is 0 Å². The molecule has 0 bridgehead atoms. The molecule has 0 aliphatic carbocycles. The van der Waals surface area contributed by atoms with Crippen molar-refractivity contribution in [2.24, 2.45) is 0 Å². The van der Waals surface area contributed by atoms with Crippen molar-refractivity contribution < 1.29 is 18.0 Å². The van der Waals surface area contributed by atoms with E-state index in [1.54, 1.807) is 0 Å². The summed E-state index contributed by atoms with van der Waals surface area (Å²) in [5.74, 6) is 1.22. The zero-order chi connectivity index (χ0) is 16.4. The monoisotopic (exact) mass is 344 g/mol. The Kier molecular flexibility index (Phi) is 5.00. The first kappa shape index (κ1) is 16.8. The third-order valence-corrected chi connectivity index (χ3v) is 6.17. The van der Waals surface area contributed by atoms with Crippen LogP contribution in [-0.2, 0) is 22.8 Å². The van der Waals surface area contributed by atoms with Crippen LogP contribution < -0.4 is 5.32 Å². The SMILES string of the molecule is CCc1nc(CN2CCCC(NC3CS(=O)(=O)CC3O)C2)no1. The first-order valence-electron chi connectivity index (χ1n) is 8.13. The van der Waals surface area contributed by atoms with Crippen molar-refractivity contribution in [1.82, 2.24) is 20.4 Å². The van der Waals surface area contributed by atoms with Gasteiger partial charge in [-0.2, -0.15) is 4.98 Å². The third-order valence-electron chi connectivity index (χ3n) is 4.46. The Hall–Kier alpha value is -1.03. The van der Waals surface area contributed by atoms with Crippen LogP contribution in [0.15, 0.2) is 4.52 Å². The second kappa shape index (κ2) is 6.84. The lowest BCUT2D eigenvalue weighted by Gasteiger charge is -2.34. The van der Waals surface area contributed by atoms with E-state index in [4.69, 9.17) is 4.52 Å². The van der Waals surface area contributed by atoms with Crippen molar-refractivity contribution in [1.29, 1.82) is 0 Å². The van der Waals surface area contributed by atoms with E-state index in [0.29, 0.717) is 18.3 Å². The number of hydrogen-bond acceptors (Lipinski definition) is 8. The molecule has 23 heavy (non-hydrogen) atoms. The highest BCUT2D eigenvalue weighted by atomic mass is 32.2. The van der Waals surface area contributed by atoms with Crippen LogP contribution in [0.1, 0.15) is 31.5 Å². The molecule has 130 valence electrons. The first-order chi connectivity index (χ1) is 10.9. The lowest BCUT2D eigenvalue weighted by molar-refractivity contribution is 0.130. The summed E-state index contributed by atoms with van der Waals surface area (Å²) in [5, 5.41) is 17.2. The van der Waals surface area contributed by atoms with E-state index >= 15 is 0 Å². The van der Waals surface area contributed by atoms with Gasteiger partial charge in [0.25, 0.3) is 0 Å². The highest BCUT2D eigenvalue weighted by Gasteiger charge is 2.37. The molecule has 0 spiro atoms. The molecule has 0 amide bonds. The summed E-state index contributed by atoms with van der Waals surface area (Å²) in [6, 6.07) is -0.184. The van der Waals surface area contributed by atoms with Gasteiger partial charge in [-0.25, -0.2) is 8.42 Å². The van der Waals surface area contributed by atoms with Crippen LogP contribution in [0.25, 0.3) is 0 Å². The van der Waals surface area contributed by atoms with E-state index in [2.05, 4.69) is 20.4 Å². The first-order valence-corrected chi connectivity index (χ1v) is 9.95. The van der Waals surface area contributed by atoms with Crippen LogP contribution in [0.2, 0.25) is 0 Å². The number of piperidine rings is 1. The topological polar surface area (TPSA) is 109 Å². The van der Waals surface area contributed by atoms with Gasteiger partial charge in [0.05, 0.1) is 24.2 Å². The molecule has 3 heterocycles. The molecular formula is C14H24N4O4S. The molecular weight excluding hydrogens is 320 g/mol. The van der Waals surface area contributed by atoms with Gasteiger partial charge in [-0.1, -0.05) is 12.1 Å². The van der Waals surface area contributed by atoms with Crippen molar-refractivity contribution in [3.8, 4) is 0 Å². The number of sulfone groups is 1. The van der Waals surface area contributed by atoms with Crippen molar-refractivity contribution in [2.75, 3.05) is 24.6 Å². The number of aryl methyl sites for hydroxylation is 1. The standard InChI is InChI=1S/C14H24N4O4S/c1-2-14-16-13(17-22-14)7-18-5-3-4-10(6-18)15-11-8-23(20,21)9-12(11)19/h10-12,15,19H,2-9H2,1H3. The second-order valence-corrected chi connectivity index (χ2v) is 8.60. The molecule has 8 nitrogen and oxygen atoms in total. The molecule has 2 saturated heterocycles. The number of nitrogens with zero attached hydrogens (tertiary/aromatic N) is 3. The van der Waals surface area contributed by atoms with Gasteiger partial charge in [0, 0.05) is 25.0 Å². The number of aliphatic hydroxyl groups is 1. The average molecular weight is 344 g/mol. The summed E-state index contributed by atoms with van der Waals surface area (Å²) < 4.78 is 28.3. The minimum atomic E-state index is -3.12. The maximum atomic E-state index is 11.6. The zero-order valence-electron chi connectivity index (χ0n) is 13.3. The Morgan fingerprint density at radius 3 is 2.91 bits per heavy atom. The molecule has 1 aromatic rings. The Balaban J connectivity index is 1.54. The summed E-state index contributed by atoms with van der Waals surface area (Å²) in [4.78, 5) is 6.56. The molecule has 1 aromatic heterocycles. The molecule has 0 aromatic carbocycles. The quantitative estimate of drug-likeness (QED) is 0.725. The summed E-state index contributed by atoms with van der Waals surface area (Å²) in [7, 11) is -3.12. The van der Waals surface area contributed by atoms with Gasteiger partial charge in [0.2, 0.25) is 5.89 Å². The van der Waals surface area contributed by atoms with Crippen molar-refractivity contribution in [2.45, 2.75) is 50.9 Å². The van der Waals surface area contributed by atoms with E-state index in [-0.39, 0.29) is 23.6 Å². The number of likely N-dealkylation sites (tertiary alicyclic amines) is 1. The highest BCUT2D eigenvalue weighted by molar-refractivity contribution is 7.91. The molecule has 3 unspecified atom stereocenters. The van der Waals surface area contributed by atoms with Crippen molar-refractivity contribution in [3.63, 3.8) is 0 Å². The zero-order valence-corrected chi connectivity index (χ0v) is 14.1. The number of aromatic nitrogens is 2. The Morgan fingerprint density at radius 2 is 2.26 bits per heavy atom. The normalized spacial score (nSPS) is 31.5. The Morgan fingerprint density at radius 1 is 1.43 bits per heavy atom. The van der Waals surface area contributed by atoms with Crippen LogP contribution in [0.4, 0.5) is 0 Å². The van der Waals surface area contributed by atoms with Crippen LogP contribution >= 0.6 is 0 Å². The number of rotatable bonds is 5. The number of hydrogen-bond donors (Lipinski definition) is 2. The van der Waals surface area contributed by atoms with Gasteiger partial charge in [-0.15, -0.1) is 0 Å². The van der Waals surface area contributed by atoms with Crippen LogP contribution in [0.5, 0.6) is 0 Å². The Labute approximate surface area is 136 Å². The van der Waals surface area contributed by atoms with Gasteiger partial charge in [-0.3, -0.25) is 4.90 Å².